The van der Waals surface area contributed by atoms with Gasteiger partial charge in [0.25, 0.3) is 0 Å². The van der Waals surface area contributed by atoms with Crippen molar-refractivity contribution in [2.24, 2.45) is 11.3 Å². The number of hydrogen-bond donors (Lipinski definition) is 2. The number of fused-ring (bicyclic) bond motifs is 4. The second-order valence-corrected chi connectivity index (χ2v) is 11.0. The minimum absolute atomic E-state index is 0.00669. The van der Waals surface area contributed by atoms with E-state index in [1.807, 2.05) is 45.0 Å². The molecule has 0 radical (unpaired) electrons. The molecule has 2 aromatic carbocycles. The van der Waals surface area contributed by atoms with Crippen LogP contribution in [0.3, 0.4) is 0 Å². The third-order valence-electron chi connectivity index (χ3n) is 7.84. The van der Waals surface area contributed by atoms with Crippen molar-refractivity contribution in [2.75, 3.05) is 13.2 Å². The van der Waals surface area contributed by atoms with Crippen LogP contribution in [0.4, 0.5) is 4.79 Å². The van der Waals surface area contributed by atoms with Crippen LogP contribution in [0.2, 0.25) is 0 Å². The van der Waals surface area contributed by atoms with E-state index in [-0.39, 0.29) is 24.3 Å². The number of nitrogens with one attached hydrogen (secondary N) is 1. The predicted octanol–water partition coefficient (Wildman–Crippen LogP) is 4.41. The van der Waals surface area contributed by atoms with Gasteiger partial charge in [0.1, 0.15) is 18.2 Å². The van der Waals surface area contributed by atoms with E-state index in [0.29, 0.717) is 13.0 Å². The molecule has 2 aliphatic carbocycles. The summed E-state index contributed by atoms with van der Waals surface area (Å²) < 4.78 is 5.68. The second-order valence-electron chi connectivity index (χ2n) is 11.0. The summed E-state index contributed by atoms with van der Waals surface area (Å²) in [6.07, 6.45) is 1.40. The molecule has 2 N–H and O–H groups in total. The first-order chi connectivity index (χ1) is 16.6. The normalized spacial score (nSPS) is 23.5. The highest BCUT2D eigenvalue weighted by molar-refractivity contribution is 5.94. The largest absolute Gasteiger partial charge is 0.479 e. The Balaban J connectivity index is 1.31. The van der Waals surface area contributed by atoms with Crippen molar-refractivity contribution in [1.29, 1.82) is 0 Å². The van der Waals surface area contributed by atoms with Gasteiger partial charge in [-0.1, -0.05) is 69.3 Å². The number of aliphatic carboxylic acids is 1. The Labute approximate surface area is 205 Å². The lowest BCUT2D eigenvalue weighted by molar-refractivity contribution is -0.156. The number of ether oxygens (including phenoxy) is 1. The first kappa shape index (κ1) is 23.4. The summed E-state index contributed by atoms with van der Waals surface area (Å²) in [5.74, 6) is -1.39. The van der Waals surface area contributed by atoms with E-state index in [9.17, 15) is 19.5 Å². The average Bonchev–Trinajstić information content (AvgIpc) is 3.51. The van der Waals surface area contributed by atoms with Gasteiger partial charge in [-0.25, -0.2) is 9.59 Å². The fourth-order valence-corrected chi connectivity index (χ4v) is 5.93. The van der Waals surface area contributed by atoms with Gasteiger partial charge < -0.3 is 20.1 Å². The van der Waals surface area contributed by atoms with Crippen LogP contribution in [0.15, 0.2) is 48.5 Å². The Bertz CT molecular complexity index is 1140. The number of alkyl carbamates (subject to hydrolysis) is 1. The molecule has 1 saturated carbocycles. The lowest BCUT2D eigenvalue weighted by atomic mass is 9.85. The number of piperidine rings is 1. The molecule has 1 heterocycles. The summed E-state index contributed by atoms with van der Waals surface area (Å²) >= 11 is 0. The number of amides is 2. The molecule has 1 aliphatic heterocycles. The molecule has 5 rings (SSSR count). The standard InChI is InChI=1S/C28H32N2O5/c1-27(2,3)23(24(31)30-14-8-9-17-15-28(17,30)25(32)33)29-26(34)35-16-22-20-12-6-4-10-18(20)19-11-5-7-13-21(19)22/h4-7,10-13,17,22-23H,8-9,14-16H2,1-3H3,(H,29,34)(H,32,33)/t17-,23?,28+/m0/s1. The van der Waals surface area contributed by atoms with Gasteiger partial charge >= 0.3 is 12.1 Å². The molecule has 0 bridgehead atoms. The number of carboxylic acids is 1. The smallest absolute Gasteiger partial charge is 0.407 e. The zero-order valence-electron chi connectivity index (χ0n) is 20.4. The maximum atomic E-state index is 13.6. The first-order valence-corrected chi connectivity index (χ1v) is 12.3. The molecule has 3 atom stereocenters. The van der Waals surface area contributed by atoms with Gasteiger partial charge in [0.15, 0.2) is 0 Å². The third kappa shape index (κ3) is 3.87. The van der Waals surface area contributed by atoms with Crippen LogP contribution >= 0.6 is 0 Å². The lowest BCUT2D eigenvalue weighted by Crippen LogP contribution is -2.60. The Hall–Kier alpha value is -3.35. The maximum absolute atomic E-state index is 13.6. The summed E-state index contributed by atoms with van der Waals surface area (Å²) in [4.78, 5) is 40.1. The highest BCUT2D eigenvalue weighted by Gasteiger charge is 2.67. The monoisotopic (exact) mass is 476 g/mol. The Morgan fingerprint density at radius 2 is 1.69 bits per heavy atom. The Morgan fingerprint density at radius 3 is 2.26 bits per heavy atom. The molecule has 7 nitrogen and oxygen atoms in total. The number of likely N-dealkylation sites (tertiary alicyclic amines) is 1. The fourth-order valence-electron chi connectivity index (χ4n) is 5.93. The van der Waals surface area contributed by atoms with Crippen LogP contribution in [0.5, 0.6) is 0 Å². The van der Waals surface area contributed by atoms with E-state index in [0.717, 1.165) is 35.1 Å². The molecule has 7 heteroatoms. The summed E-state index contributed by atoms with van der Waals surface area (Å²) in [5.41, 5.74) is 2.76. The number of hydrogen-bond acceptors (Lipinski definition) is 4. The zero-order valence-corrected chi connectivity index (χ0v) is 20.4. The van der Waals surface area contributed by atoms with Gasteiger partial charge in [-0.05, 0) is 52.8 Å². The first-order valence-electron chi connectivity index (χ1n) is 12.3. The van der Waals surface area contributed by atoms with Gasteiger partial charge in [-0.2, -0.15) is 0 Å². The Morgan fingerprint density at radius 1 is 1.09 bits per heavy atom. The third-order valence-corrected chi connectivity index (χ3v) is 7.84. The molecule has 184 valence electrons. The minimum atomic E-state index is -1.12. The lowest BCUT2D eigenvalue weighted by Gasteiger charge is -2.39. The van der Waals surface area contributed by atoms with E-state index in [4.69, 9.17) is 4.74 Å². The van der Waals surface area contributed by atoms with E-state index < -0.39 is 29.1 Å². The molecule has 0 aromatic heterocycles. The van der Waals surface area contributed by atoms with Gasteiger partial charge in [-0.3, -0.25) is 4.79 Å². The number of carbonyl (C=O) groups is 3. The van der Waals surface area contributed by atoms with Crippen molar-refractivity contribution in [1.82, 2.24) is 10.2 Å². The number of rotatable bonds is 5. The second kappa shape index (κ2) is 8.40. The molecule has 2 fully saturated rings. The van der Waals surface area contributed by atoms with Crippen LogP contribution in [0.1, 0.15) is 57.1 Å². The van der Waals surface area contributed by atoms with Gasteiger partial charge in [-0.15, -0.1) is 0 Å². The SMILES string of the molecule is CC(C)(C)C(NC(=O)OCC1c2ccccc2-c2ccccc21)C(=O)N1CCC[C@H]2C[C@]21C(=O)O. The van der Waals surface area contributed by atoms with E-state index in [1.54, 1.807) is 0 Å². The quantitative estimate of drug-likeness (QED) is 0.667. The molecule has 2 amide bonds. The number of benzene rings is 2. The maximum Gasteiger partial charge on any atom is 0.407 e. The van der Waals surface area contributed by atoms with Gasteiger partial charge in [0, 0.05) is 12.5 Å². The van der Waals surface area contributed by atoms with Crippen molar-refractivity contribution >= 4 is 18.0 Å². The van der Waals surface area contributed by atoms with E-state index in [2.05, 4.69) is 29.6 Å². The predicted molar refractivity (Wildman–Crippen MR) is 131 cm³/mol. The van der Waals surface area contributed by atoms with Crippen molar-refractivity contribution in [2.45, 2.75) is 57.5 Å². The molecular formula is C28H32N2O5. The molecule has 1 saturated heterocycles. The van der Waals surface area contributed by atoms with Crippen LogP contribution < -0.4 is 5.32 Å². The van der Waals surface area contributed by atoms with Crippen LogP contribution in [0, 0.1) is 11.3 Å². The topological polar surface area (TPSA) is 95.9 Å². The fraction of sp³-hybridized carbons (Fsp3) is 0.464. The summed E-state index contributed by atoms with van der Waals surface area (Å²) in [7, 11) is 0. The average molecular weight is 477 g/mol. The number of carboxylic acid groups (broad SMARTS) is 1. The van der Waals surface area contributed by atoms with Crippen LogP contribution in [0.25, 0.3) is 11.1 Å². The zero-order chi connectivity index (χ0) is 25.0. The molecule has 1 unspecified atom stereocenters. The van der Waals surface area contributed by atoms with Crippen molar-refractivity contribution < 1.29 is 24.2 Å². The summed E-state index contributed by atoms with van der Waals surface area (Å²) in [6.45, 7) is 6.12. The molecule has 0 spiro atoms. The summed E-state index contributed by atoms with van der Waals surface area (Å²) in [6, 6.07) is 15.3. The van der Waals surface area contributed by atoms with Crippen LogP contribution in [-0.4, -0.2) is 52.7 Å². The molecular weight excluding hydrogens is 444 g/mol. The van der Waals surface area contributed by atoms with E-state index in [1.165, 1.54) is 4.90 Å². The van der Waals surface area contributed by atoms with Crippen molar-refractivity contribution in [3.63, 3.8) is 0 Å². The number of nitrogens with zero attached hydrogens (tertiary/aromatic N) is 1. The van der Waals surface area contributed by atoms with Crippen molar-refractivity contribution in [3.05, 3.63) is 59.7 Å². The van der Waals surface area contributed by atoms with E-state index >= 15 is 0 Å². The highest BCUT2D eigenvalue weighted by atomic mass is 16.5. The van der Waals surface area contributed by atoms with Gasteiger partial charge in [0.05, 0.1) is 0 Å². The number of carbonyl (C=O) groups excluding carboxylic acids is 2. The highest BCUT2D eigenvalue weighted by Crippen LogP contribution is 2.54. The summed E-state index contributed by atoms with van der Waals surface area (Å²) in [5, 5.41) is 12.7. The molecule has 2 aromatic rings. The van der Waals surface area contributed by atoms with Crippen LogP contribution in [-0.2, 0) is 14.3 Å². The van der Waals surface area contributed by atoms with Crippen molar-refractivity contribution in [3.8, 4) is 11.1 Å². The van der Waals surface area contributed by atoms with Gasteiger partial charge in [0.2, 0.25) is 5.91 Å². The molecule has 3 aliphatic rings. The Kier molecular flexibility index (Phi) is 5.61. The minimum Gasteiger partial charge on any atom is -0.479 e. The molecule has 35 heavy (non-hydrogen) atoms.